The Bertz CT molecular complexity index is 471. The van der Waals surface area contributed by atoms with E-state index in [-0.39, 0.29) is 12.3 Å². The van der Waals surface area contributed by atoms with Gasteiger partial charge in [0.25, 0.3) is 0 Å². The number of halogens is 3. The molecule has 0 aliphatic rings. The highest BCUT2D eigenvalue weighted by Crippen LogP contribution is 2.16. The van der Waals surface area contributed by atoms with Crippen molar-refractivity contribution in [1.29, 1.82) is 0 Å². The summed E-state index contributed by atoms with van der Waals surface area (Å²) < 4.78 is 39.9. The van der Waals surface area contributed by atoms with E-state index < -0.39 is 18.8 Å². The highest BCUT2D eigenvalue weighted by molar-refractivity contribution is 5.70. The Morgan fingerprint density at radius 1 is 1.44 bits per heavy atom. The average Bonchev–Trinajstić information content (AvgIpc) is 2.26. The number of aliphatic carboxylic acids is 1. The quantitative estimate of drug-likeness (QED) is 0.841. The first-order chi connectivity index (χ1) is 8.37. The lowest BCUT2D eigenvalue weighted by Gasteiger charge is -2.07. The molecule has 1 N–H and O–H groups in total. The standard InChI is InChI=1S/C11H8F3NO3/c12-11(13,14)7-18-9-5-4-8(6-15-9)2-1-3-10(16)17/h4-6H,3,7H2,(H,16,17). The van der Waals surface area contributed by atoms with E-state index in [1.165, 1.54) is 18.3 Å². The summed E-state index contributed by atoms with van der Waals surface area (Å²) in [6.45, 7) is -1.41. The van der Waals surface area contributed by atoms with Gasteiger partial charge in [-0.25, -0.2) is 4.98 Å². The van der Waals surface area contributed by atoms with Crippen LogP contribution in [0.5, 0.6) is 5.88 Å². The van der Waals surface area contributed by atoms with Crippen molar-refractivity contribution in [3.8, 4) is 17.7 Å². The predicted octanol–water partition coefficient (Wildman–Crippen LogP) is 1.85. The summed E-state index contributed by atoms with van der Waals surface area (Å²) in [5.74, 6) is 3.65. The van der Waals surface area contributed by atoms with Crippen molar-refractivity contribution in [3.63, 3.8) is 0 Å². The lowest BCUT2D eigenvalue weighted by molar-refractivity contribution is -0.154. The van der Waals surface area contributed by atoms with Crippen molar-refractivity contribution < 1.29 is 27.8 Å². The molecule has 0 saturated carbocycles. The summed E-state index contributed by atoms with van der Waals surface area (Å²) in [5.41, 5.74) is 0.399. The second-order valence-electron chi connectivity index (χ2n) is 3.16. The fourth-order valence-electron chi connectivity index (χ4n) is 0.917. The largest absolute Gasteiger partial charge is 0.481 e. The van der Waals surface area contributed by atoms with Crippen LogP contribution in [0.25, 0.3) is 0 Å². The normalized spacial score (nSPS) is 10.4. The van der Waals surface area contributed by atoms with E-state index in [1.807, 2.05) is 0 Å². The Hall–Kier alpha value is -2.23. The van der Waals surface area contributed by atoms with E-state index >= 15 is 0 Å². The van der Waals surface area contributed by atoms with Crippen LogP contribution in [0.2, 0.25) is 0 Å². The minimum absolute atomic E-state index is 0.170. The minimum atomic E-state index is -4.42. The fraction of sp³-hybridized carbons (Fsp3) is 0.273. The predicted molar refractivity (Wildman–Crippen MR) is 54.9 cm³/mol. The number of carboxylic acids is 1. The molecule has 0 amide bonds. The molecule has 96 valence electrons. The highest BCUT2D eigenvalue weighted by Gasteiger charge is 2.28. The number of hydrogen-bond acceptors (Lipinski definition) is 3. The molecule has 1 aromatic rings. The van der Waals surface area contributed by atoms with Crippen LogP contribution < -0.4 is 4.74 Å². The SMILES string of the molecule is O=C(O)CC#Cc1ccc(OCC(F)(F)F)nc1. The van der Waals surface area contributed by atoms with Gasteiger partial charge in [-0.2, -0.15) is 13.2 Å². The van der Waals surface area contributed by atoms with Gasteiger partial charge in [-0.05, 0) is 6.07 Å². The number of carbonyl (C=O) groups is 1. The third kappa shape index (κ3) is 5.75. The van der Waals surface area contributed by atoms with Crippen LogP contribution in [0.4, 0.5) is 13.2 Å². The maximum Gasteiger partial charge on any atom is 0.422 e. The van der Waals surface area contributed by atoms with Gasteiger partial charge >= 0.3 is 12.1 Å². The van der Waals surface area contributed by atoms with Gasteiger partial charge in [0.15, 0.2) is 6.61 Å². The van der Waals surface area contributed by atoms with Gasteiger partial charge in [-0.1, -0.05) is 11.8 Å². The zero-order valence-electron chi connectivity index (χ0n) is 8.99. The van der Waals surface area contributed by atoms with Gasteiger partial charge in [-0.15, -0.1) is 0 Å². The smallest absolute Gasteiger partial charge is 0.422 e. The molecule has 0 aliphatic carbocycles. The summed E-state index contributed by atoms with van der Waals surface area (Å²) in [7, 11) is 0. The van der Waals surface area contributed by atoms with Crippen molar-refractivity contribution in [2.45, 2.75) is 12.6 Å². The Balaban J connectivity index is 2.57. The maximum atomic E-state index is 11.8. The number of pyridine rings is 1. The molecule has 7 heteroatoms. The van der Waals surface area contributed by atoms with Gasteiger partial charge in [0.2, 0.25) is 5.88 Å². The molecule has 0 aromatic carbocycles. The van der Waals surface area contributed by atoms with Crippen molar-refractivity contribution in [1.82, 2.24) is 4.98 Å². The summed E-state index contributed by atoms with van der Waals surface area (Å²) in [5, 5.41) is 8.34. The number of aromatic nitrogens is 1. The van der Waals surface area contributed by atoms with Crippen molar-refractivity contribution in [2.24, 2.45) is 0 Å². The van der Waals surface area contributed by atoms with Crippen LogP contribution in [-0.4, -0.2) is 28.8 Å². The number of carboxylic acid groups (broad SMARTS) is 1. The molecular weight excluding hydrogens is 251 g/mol. The van der Waals surface area contributed by atoms with Crippen LogP contribution in [0.1, 0.15) is 12.0 Å². The molecule has 0 radical (unpaired) electrons. The molecule has 0 bridgehead atoms. The highest BCUT2D eigenvalue weighted by atomic mass is 19.4. The first-order valence-electron chi connectivity index (χ1n) is 4.73. The Morgan fingerprint density at radius 3 is 2.67 bits per heavy atom. The second-order valence-corrected chi connectivity index (χ2v) is 3.16. The molecule has 0 unspecified atom stereocenters. The maximum absolute atomic E-state index is 11.8. The molecule has 4 nitrogen and oxygen atoms in total. The molecule has 1 aromatic heterocycles. The summed E-state index contributed by atoms with van der Waals surface area (Å²) in [4.78, 5) is 13.8. The van der Waals surface area contributed by atoms with Crippen LogP contribution in [-0.2, 0) is 4.79 Å². The average molecular weight is 259 g/mol. The zero-order chi connectivity index (χ0) is 13.6. The first-order valence-corrected chi connectivity index (χ1v) is 4.73. The lowest BCUT2D eigenvalue weighted by atomic mass is 10.3. The Kier molecular flexibility index (Phi) is 4.54. The van der Waals surface area contributed by atoms with Crippen LogP contribution >= 0.6 is 0 Å². The molecule has 0 saturated heterocycles. The Morgan fingerprint density at radius 2 is 2.17 bits per heavy atom. The first kappa shape index (κ1) is 13.8. The molecule has 0 aliphatic heterocycles. The summed E-state index contributed by atoms with van der Waals surface area (Å²) in [6.07, 6.45) is -3.52. The van der Waals surface area contributed by atoms with Crippen LogP contribution in [0.3, 0.4) is 0 Å². The van der Waals surface area contributed by atoms with Gasteiger partial charge in [0, 0.05) is 17.8 Å². The van der Waals surface area contributed by atoms with E-state index in [1.54, 1.807) is 0 Å². The van der Waals surface area contributed by atoms with Gasteiger partial charge in [0.1, 0.15) is 6.42 Å². The van der Waals surface area contributed by atoms with Crippen molar-refractivity contribution >= 4 is 5.97 Å². The number of nitrogens with zero attached hydrogens (tertiary/aromatic N) is 1. The third-order valence-electron chi connectivity index (χ3n) is 1.59. The second kappa shape index (κ2) is 5.91. The van der Waals surface area contributed by atoms with E-state index in [0.29, 0.717) is 5.56 Å². The van der Waals surface area contributed by atoms with E-state index in [2.05, 4.69) is 21.6 Å². The molecule has 0 spiro atoms. The Labute approximate surface area is 100 Å². The number of hydrogen-bond donors (Lipinski definition) is 1. The third-order valence-corrected chi connectivity index (χ3v) is 1.59. The zero-order valence-corrected chi connectivity index (χ0v) is 8.99. The van der Waals surface area contributed by atoms with Crippen LogP contribution in [0, 0.1) is 11.8 Å². The molecule has 1 rings (SSSR count). The molecular formula is C11H8F3NO3. The molecule has 18 heavy (non-hydrogen) atoms. The summed E-state index contributed by atoms with van der Waals surface area (Å²) in [6, 6.07) is 2.63. The van der Waals surface area contributed by atoms with E-state index in [4.69, 9.17) is 5.11 Å². The van der Waals surface area contributed by atoms with Crippen LogP contribution in [0.15, 0.2) is 18.3 Å². The van der Waals surface area contributed by atoms with Crippen molar-refractivity contribution in [2.75, 3.05) is 6.61 Å². The number of rotatable bonds is 3. The molecule has 1 heterocycles. The monoisotopic (exact) mass is 259 g/mol. The topological polar surface area (TPSA) is 59.4 Å². The molecule has 0 fully saturated rings. The summed E-state index contributed by atoms with van der Waals surface area (Å²) >= 11 is 0. The van der Waals surface area contributed by atoms with E-state index in [0.717, 1.165) is 0 Å². The minimum Gasteiger partial charge on any atom is -0.481 e. The number of alkyl halides is 3. The van der Waals surface area contributed by atoms with E-state index in [9.17, 15) is 18.0 Å². The lowest BCUT2D eigenvalue weighted by Crippen LogP contribution is -2.19. The fourth-order valence-corrected chi connectivity index (χ4v) is 0.917. The molecule has 0 atom stereocenters. The van der Waals surface area contributed by atoms with Gasteiger partial charge in [0.05, 0.1) is 0 Å². The van der Waals surface area contributed by atoms with Gasteiger partial charge < -0.3 is 9.84 Å². The van der Waals surface area contributed by atoms with Gasteiger partial charge in [-0.3, -0.25) is 4.79 Å². The number of ether oxygens (including phenoxy) is 1. The van der Waals surface area contributed by atoms with Crippen molar-refractivity contribution in [3.05, 3.63) is 23.9 Å².